The number of aliphatic hydroxyl groups is 1. The highest BCUT2D eigenvalue weighted by molar-refractivity contribution is 7.54. The smallest absolute Gasteiger partial charge is 0.233 e. The summed E-state index contributed by atoms with van der Waals surface area (Å²) in [5, 5.41) is 7.17. The van der Waals surface area contributed by atoms with Gasteiger partial charge < -0.3 is 9.63 Å². The van der Waals surface area contributed by atoms with Gasteiger partial charge in [0.1, 0.15) is 0 Å². The Morgan fingerprint density at radius 1 is 1.78 bits per heavy atom. The Labute approximate surface area is 55.3 Å². The Kier molecular flexibility index (Phi) is 3.52. The first kappa shape index (κ1) is 9.25. The molecule has 54 valence electrons. The van der Waals surface area contributed by atoms with Crippen molar-refractivity contribution in [1.29, 1.82) is 0 Å². The Morgan fingerprint density at radius 2 is 2.22 bits per heavy atom. The third kappa shape index (κ3) is 2.55. The molecule has 0 bridgehead atoms. The zero-order chi connectivity index (χ0) is 7.49. The quantitative estimate of drug-likeness (QED) is 0.643. The standard InChI is InChI=1S/C3H8O4P2/c1-3(4,8-5)9(6)7-2/h4,9H,1-2H3. The summed E-state index contributed by atoms with van der Waals surface area (Å²) in [4.78, 5) is 0. The lowest BCUT2D eigenvalue weighted by molar-refractivity contribution is 0.210. The molecule has 0 fully saturated rings. The van der Waals surface area contributed by atoms with E-state index in [9.17, 15) is 9.13 Å². The molecular formula is C3H8O4P2. The van der Waals surface area contributed by atoms with Gasteiger partial charge >= 0.3 is 0 Å². The Morgan fingerprint density at radius 3 is 2.33 bits per heavy atom. The first-order valence-electron chi connectivity index (χ1n) is 2.20. The van der Waals surface area contributed by atoms with Gasteiger partial charge in [0.05, 0.1) is 0 Å². The van der Waals surface area contributed by atoms with Crippen LogP contribution in [0.4, 0.5) is 0 Å². The van der Waals surface area contributed by atoms with Gasteiger partial charge in [-0.25, -0.2) is 0 Å². The molecule has 4 nitrogen and oxygen atoms in total. The molecule has 0 aliphatic carbocycles. The van der Waals surface area contributed by atoms with Crippen LogP contribution in [0.15, 0.2) is 0 Å². The van der Waals surface area contributed by atoms with Crippen molar-refractivity contribution in [3.63, 3.8) is 0 Å². The van der Waals surface area contributed by atoms with Gasteiger partial charge in [-0.1, -0.05) is 0 Å². The molecule has 2 atom stereocenters. The number of hydrogen-bond acceptors (Lipinski definition) is 4. The van der Waals surface area contributed by atoms with E-state index in [0.717, 1.165) is 0 Å². The Hall–Kier alpha value is 0.250. The van der Waals surface area contributed by atoms with Crippen molar-refractivity contribution in [3.8, 4) is 0 Å². The average Bonchev–Trinajstić information content (AvgIpc) is 1.86. The largest absolute Gasteiger partial charge is 0.370 e. The molecule has 0 amide bonds. The fourth-order valence-corrected chi connectivity index (χ4v) is 1.19. The molecule has 9 heavy (non-hydrogen) atoms. The summed E-state index contributed by atoms with van der Waals surface area (Å²) in [5.41, 5.74) is 0. The summed E-state index contributed by atoms with van der Waals surface area (Å²) < 4.78 is 24.9. The molecule has 0 spiro atoms. The monoisotopic (exact) mass is 170 g/mol. The molecule has 0 aromatic heterocycles. The van der Waals surface area contributed by atoms with Crippen LogP contribution >= 0.6 is 16.5 Å². The van der Waals surface area contributed by atoms with Crippen molar-refractivity contribution in [3.05, 3.63) is 0 Å². The van der Waals surface area contributed by atoms with Crippen LogP contribution < -0.4 is 0 Å². The van der Waals surface area contributed by atoms with Gasteiger partial charge in [-0.3, -0.25) is 9.13 Å². The molecule has 1 N–H and O–H groups in total. The van der Waals surface area contributed by atoms with Crippen molar-refractivity contribution in [2.24, 2.45) is 0 Å². The van der Waals surface area contributed by atoms with Crippen molar-refractivity contribution >= 4 is 16.5 Å². The van der Waals surface area contributed by atoms with E-state index in [4.69, 9.17) is 5.11 Å². The van der Waals surface area contributed by atoms with Crippen molar-refractivity contribution in [1.82, 2.24) is 0 Å². The molecule has 0 aromatic carbocycles. The van der Waals surface area contributed by atoms with Crippen LogP contribution in [0, 0.1) is 0 Å². The van der Waals surface area contributed by atoms with Gasteiger partial charge in [-0.2, -0.15) is 0 Å². The minimum absolute atomic E-state index is 0.571. The number of rotatable bonds is 3. The molecular weight excluding hydrogens is 162 g/mol. The third-order valence-electron chi connectivity index (χ3n) is 0.750. The molecule has 2 unspecified atom stereocenters. The summed E-state index contributed by atoms with van der Waals surface area (Å²) in [6, 6.07) is 0. The molecule has 0 aliphatic rings. The summed E-state index contributed by atoms with van der Waals surface area (Å²) in [7, 11) is -1.95. The van der Waals surface area contributed by atoms with E-state index < -0.39 is 21.6 Å². The lowest BCUT2D eigenvalue weighted by atomic mass is 10.9. The highest BCUT2D eigenvalue weighted by Crippen LogP contribution is 2.44. The second kappa shape index (κ2) is 3.43. The zero-order valence-electron chi connectivity index (χ0n) is 5.12. The van der Waals surface area contributed by atoms with Crippen LogP contribution in [-0.2, 0) is 13.7 Å². The van der Waals surface area contributed by atoms with Crippen molar-refractivity contribution < 1.29 is 18.8 Å². The highest BCUT2D eigenvalue weighted by atomic mass is 31.2. The minimum Gasteiger partial charge on any atom is -0.370 e. The lowest BCUT2D eigenvalue weighted by Gasteiger charge is -2.10. The van der Waals surface area contributed by atoms with E-state index in [1.54, 1.807) is 0 Å². The zero-order valence-corrected chi connectivity index (χ0v) is 7.01. The van der Waals surface area contributed by atoms with E-state index in [2.05, 4.69) is 4.52 Å². The predicted molar refractivity (Wildman–Crippen MR) is 34.2 cm³/mol. The summed E-state index contributed by atoms with van der Waals surface area (Å²) in [6.45, 7) is 1.19. The maximum Gasteiger partial charge on any atom is 0.233 e. The van der Waals surface area contributed by atoms with E-state index in [0.29, 0.717) is 0 Å². The fraction of sp³-hybridized carbons (Fsp3) is 1.00. The van der Waals surface area contributed by atoms with Crippen molar-refractivity contribution in [2.45, 2.75) is 12.0 Å². The minimum atomic E-state index is -2.58. The van der Waals surface area contributed by atoms with Gasteiger partial charge in [-0.05, 0) is 6.92 Å². The van der Waals surface area contributed by atoms with Crippen molar-refractivity contribution in [2.75, 3.05) is 7.11 Å². The maximum absolute atomic E-state index is 10.6. The summed E-state index contributed by atoms with van der Waals surface area (Å²) in [5.74, 6) is 0. The second-order valence-corrected chi connectivity index (χ2v) is 5.03. The Bertz CT molecular complexity index is 132. The molecule has 0 heterocycles. The van der Waals surface area contributed by atoms with Crippen LogP contribution in [0.2, 0.25) is 0 Å². The van der Waals surface area contributed by atoms with Crippen LogP contribution in [-0.4, -0.2) is 17.3 Å². The van der Waals surface area contributed by atoms with E-state index in [1.165, 1.54) is 14.0 Å². The van der Waals surface area contributed by atoms with Gasteiger partial charge in [0, 0.05) is 7.11 Å². The van der Waals surface area contributed by atoms with Crippen LogP contribution in [0.25, 0.3) is 0 Å². The maximum atomic E-state index is 10.6. The second-order valence-electron chi connectivity index (χ2n) is 1.60. The molecule has 0 aliphatic heterocycles. The van der Waals surface area contributed by atoms with E-state index >= 15 is 0 Å². The average molecular weight is 170 g/mol. The SMILES string of the molecule is CO[PH](=O)C(C)(O)P=O. The third-order valence-corrected chi connectivity index (χ3v) is 3.07. The number of hydrogen-bond donors (Lipinski definition) is 1. The highest BCUT2D eigenvalue weighted by Gasteiger charge is 2.28. The molecule has 0 saturated carbocycles. The lowest BCUT2D eigenvalue weighted by Crippen LogP contribution is -2.08. The van der Waals surface area contributed by atoms with Gasteiger partial charge in [-0.15, -0.1) is 0 Å². The molecule has 0 saturated heterocycles. The Balaban J connectivity index is 4.14. The normalized spacial score (nSPS) is 21.2. The van der Waals surface area contributed by atoms with Crippen LogP contribution in [0.3, 0.4) is 0 Å². The first-order chi connectivity index (χ1) is 4.04. The summed E-state index contributed by atoms with van der Waals surface area (Å²) >= 11 is 0. The molecule has 6 heteroatoms. The van der Waals surface area contributed by atoms with Crippen LogP contribution in [0.1, 0.15) is 6.92 Å². The van der Waals surface area contributed by atoms with Gasteiger partial charge in [0.2, 0.25) is 21.6 Å². The van der Waals surface area contributed by atoms with E-state index in [1.807, 2.05) is 0 Å². The fourth-order valence-electron chi connectivity index (χ4n) is 0.231. The predicted octanol–water partition coefficient (Wildman–Crippen LogP) is 1.07. The summed E-state index contributed by atoms with van der Waals surface area (Å²) in [6.07, 6.45) is 0. The van der Waals surface area contributed by atoms with Gasteiger partial charge in [0.15, 0.2) is 0 Å². The topological polar surface area (TPSA) is 63.6 Å². The first-order valence-corrected chi connectivity index (χ1v) is 4.33. The molecule has 0 radical (unpaired) electrons. The van der Waals surface area contributed by atoms with Crippen LogP contribution in [0.5, 0.6) is 0 Å². The molecule has 0 rings (SSSR count). The van der Waals surface area contributed by atoms with Gasteiger partial charge in [0.25, 0.3) is 0 Å². The molecule has 0 aromatic rings. The van der Waals surface area contributed by atoms with E-state index in [-0.39, 0.29) is 0 Å².